The maximum atomic E-state index is 6.19. The highest BCUT2D eigenvalue weighted by Crippen LogP contribution is 2.30. The molecule has 0 aliphatic carbocycles. The smallest absolute Gasteiger partial charge is 0.216 e. The van der Waals surface area contributed by atoms with E-state index < -0.39 is 0 Å². The Bertz CT molecular complexity index is 964. The van der Waals surface area contributed by atoms with Crippen molar-refractivity contribution in [2.24, 2.45) is 5.10 Å². The van der Waals surface area contributed by atoms with Gasteiger partial charge in [0.1, 0.15) is 0 Å². The first-order valence-corrected chi connectivity index (χ1v) is 8.98. The number of aryl methyl sites for hydroxylation is 2. The average molecular weight is 412 g/mol. The van der Waals surface area contributed by atoms with E-state index in [1.807, 2.05) is 18.2 Å². The van der Waals surface area contributed by atoms with Crippen molar-refractivity contribution >= 4 is 53.2 Å². The Balaban J connectivity index is 1.85. The van der Waals surface area contributed by atoms with Gasteiger partial charge >= 0.3 is 0 Å². The van der Waals surface area contributed by atoms with Crippen LogP contribution in [0.2, 0.25) is 15.1 Å². The Morgan fingerprint density at radius 2 is 1.76 bits per heavy atom. The standard InChI is InChI=1S/C17H13Cl3N4S/c18-13-7-8-14(19)16(20)12(13)10-21-24-15(22-23-17(24)25)9-6-11-4-2-1-3-5-11/h1-5,7-8,10H,6,9H2,(H,23,25)/b21-10-. The van der Waals surface area contributed by atoms with Gasteiger partial charge < -0.3 is 0 Å². The Morgan fingerprint density at radius 1 is 1.04 bits per heavy atom. The van der Waals surface area contributed by atoms with E-state index in [0.29, 0.717) is 31.8 Å². The summed E-state index contributed by atoms with van der Waals surface area (Å²) in [5.74, 6) is 0.722. The van der Waals surface area contributed by atoms with E-state index >= 15 is 0 Å². The second kappa shape index (κ2) is 8.15. The maximum absolute atomic E-state index is 6.19. The summed E-state index contributed by atoms with van der Waals surface area (Å²) in [5, 5.41) is 12.6. The van der Waals surface area contributed by atoms with E-state index in [4.69, 9.17) is 47.0 Å². The summed E-state index contributed by atoms with van der Waals surface area (Å²) < 4.78 is 1.96. The van der Waals surface area contributed by atoms with Gasteiger partial charge in [-0.15, -0.1) is 0 Å². The van der Waals surface area contributed by atoms with Crippen LogP contribution < -0.4 is 0 Å². The Hall–Kier alpha value is -1.66. The van der Waals surface area contributed by atoms with Crippen LogP contribution in [0, 0.1) is 4.77 Å². The molecule has 0 bridgehead atoms. The van der Waals surface area contributed by atoms with E-state index in [9.17, 15) is 0 Å². The van der Waals surface area contributed by atoms with Gasteiger partial charge in [-0.05, 0) is 36.3 Å². The number of nitrogens with zero attached hydrogens (tertiary/aromatic N) is 3. The molecular weight excluding hydrogens is 399 g/mol. The molecular formula is C17H13Cl3N4S. The third-order valence-electron chi connectivity index (χ3n) is 3.58. The molecule has 4 nitrogen and oxygen atoms in total. The van der Waals surface area contributed by atoms with E-state index in [1.54, 1.807) is 16.8 Å². The van der Waals surface area contributed by atoms with Crippen molar-refractivity contribution in [3.8, 4) is 0 Å². The molecule has 0 saturated carbocycles. The Kier molecular flexibility index (Phi) is 5.91. The molecule has 1 heterocycles. The van der Waals surface area contributed by atoms with E-state index in [2.05, 4.69) is 27.4 Å². The van der Waals surface area contributed by atoms with Crippen LogP contribution in [-0.2, 0) is 12.8 Å². The summed E-state index contributed by atoms with van der Waals surface area (Å²) in [6.45, 7) is 0. The van der Waals surface area contributed by atoms with Gasteiger partial charge in [-0.3, -0.25) is 5.10 Å². The number of H-pyrrole nitrogens is 1. The van der Waals surface area contributed by atoms with Gasteiger partial charge in [-0.25, -0.2) is 0 Å². The van der Waals surface area contributed by atoms with Crippen molar-refractivity contribution in [3.05, 3.63) is 79.3 Å². The molecule has 0 unspecified atom stereocenters. The summed E-state index contributed by atoms with van der Waals surface area (Å²) in [4.78, 5) is 0. The molecule has 0 aliphatic rings. The van der Waals surface area contributed by atoms with Crippen molar-refractivity contribution in [2.75, 3.05) is 0 Å². The van der Waals surface area contributed by atoms with Crippen LogP contribution in [-0.4, -0.2) is 21.1 Å². The molecule has 3 aromatic rings. The normalized spacial score (nSPS) is 11.3. The topological polar surface area (TPSA) is 46.0 Å². The summed E-state index contributed by atoms with van der Waals surface area (Å²) >= 11 is 23.6. The largest absolute Gasteiger partial charge is 0.250 e. The quantitative estimate of drug-likeness (QED) is 0.339. The van der Waals surface area contributed by atoms with Crippen LogP contribution in [0.25, 0.3) is 0 Å². The summed E-state index contributed by atoms with van der Waals surface area (Å²) in [5.41, 5.74) is 1.75. The van der Waals surface area contributed by atoms with E-state index in [-0.39, 0.29) is 0 Å². The number of hydrogen-bond acceptors (Lipinski definition) is 3. The zero-order chi connectivity index (χ0) is 17.8. The molecule has 0 spiro atoms. The fraction of sp³-hybridized carbons (Fsp3) is 0.118. The number of halogens is 3. The van der Waals surface area contributed by atoms with Gasteiger partial charge in [0.15, 0.2) is 5.82 Å². The van der Waals surface area contributed by atoms with E-state index in [1.165, 1.54) is 11.8 Å². The number of benzene rings is 2. The first-order valence-electron chi connectivity index (χ1n) is 7.44. The maximum Gasteiger partial charge on any atom is 0.216 e. The molecule has 3 rings (SSSR count). The SMILES string of the molecule is S=c1[nH]nc(CCc2ccccc2)n1/N=C\c1c(Cl)ccc(Cl)c1Cl. The molecule has 0 radical (unpaired) electrons. The molecule has 0 atom stereocenters. The van der Waals surface area contributed by atoms with Crippen molar-refractivity contribution in [2.45, 2.75) is 12.8 Å². The second-order valence-corrected chi connectivity index (χ2v) is 6.82. The molecule has 0 fully saturated rings. The average Bonchev–Trinajstić information content (AvgIpc) is 2.97. The number of aromatic nitrogens is 3. The lowest BCUT2D eigenvalue weighted by molar-refractivity contribution is 0.750. The summed E-state index contributed by atoms with van der Waals surface area (Å²) in [6, 6.07) is 13.4. The van der Waals surface area contributed by atoms with Crippen molar-refractivity contribution in [3.63, 3.8) is 0 Å². The zero-order valence-corrected chi connectivity index (χ0v) is 16.0. The number of hydrogen-bond donors (Lipinski definition) is 1. The van der Waals surface area contributed by atoms with Crippen LogP contribution in [0.4, 0.5) is 0 Å². The molecule has 1 aromatic heterocycles. The molecule has 8 heteroatoms. The third kappa shape index (κ3) is 4.30. The van der Waals surface area contributed by atoms with Crippen LogP contribution in [0.3, 0.4) is 0 Å². The van der Waals surface area contributed by atoms with Crippen LogP contribution in [0.15, 0.2) is 47.6 Å². The zero-order valence-electron chi connectivity index (χ0n) is 12.9. The Labute approximate surface area is 165 Å². The predicted octanol–water partition coefficient (Wildman–Crippen LogP) is 5.57. The summed E-state index contributed by atoms with van der Waals surface area (Å²) in [6.07, 6.45) is 3.05. The fourth-order valence-corrected chi connectivity index (χ4v) is 3.11. The lowest BCUT2D eigenvalue weighted by atomic mass is 10.1. The third-order valence-corrected chi connectivity index (χ3v) is 4.99. The lowest BCUT2D eigenvalue weighted by Gasteiger charge is -2.04. The van der Waals surface area contributed by atoms with Gasteiger partial charge in [-0.2, -0.15) is 14.9 Å². The predicted molar refractivity (Wildman–Crippen MR) is 106 cm³/mol. The van der Waals surface area contributed by atoms with Crippen LogP contribution >= 0.6 is 47.0 Å². The first-order chi connectivity index (χ1) is 12.1. The highest BCUT2D eigenvalue weighted by atomic mass is 35.5. The monoisotopic (exact) mass is 410 g/mol. The number of aromatic amines is 1. The molecule has 25 heavy (non-hydrogen) atoms. The molecule has 0 aliphatic heterocycles. The van der Waals surface area contributed by atoms with Gasteiger partial charge in [0.05, 0.1) is 21.3 Å². The van der Waals surface area contributed by atoms with Gasteiger partial charge in [-0.1, -0.05) is 65.1 Å². The minimum Gasteiger partial charge on any atom is -0.250 e. The molecule has 1 N–H and O–H groups in total. The number of rotatable bonds is 5. The number of nitrogens with one attached hydrogen (secondary N) is 1. The van der Waals surface area contributed by atoms with Gasteiger partial charge in [0.25, 0.3) is 0 Å². The first kappa shape index (κ1) is 18.1. The molecule has 0 saturated heterocycles. The van der Waals surface area contributed by atoms with Crippen molar-refractivity contribution in [1.82, 2.24) is 14.9 Å². The van der Waals surface area contributed by atoms with Crippen molar-refractivity contribution in [1.29, 1.82) is 0 Å². The second-order valence-electron chi connectivity index (χ2n) is 5.24. The minimum atomic E-state index is 0.346. The summed E-state index contributed by atoms with van der Waals surface area (Å²) in [7, 11) is 0. The van der Waals surface area contributed by atoms with Crippen LogP contribution in [0.5, 0.6) is 0 Å². The van der Waals surface area contributed by atoms with Gasteiger partial charge in [0, 0.05) is 12.0 Å². The van der Waals surface area contributed by atoms with E-state index in [0.717, 1.165) is 12.2 Å². The molecule has 128 valence electrons. The lowest BCUT2D eigenvalue weighted by Crippen LogP contribution is -2.02. The van der Waals surface area contributed by atoms with Crippen LogP contribution in [0.1, 0.15) is 17.0 Å². The molecule has 0 amide bonds. The highest BCUT2D eigenvalue weighted by Gasteiger charge is 2.09. The van der Waals surface area contributed by atoms with Crippen molar-refractivity contribution < 1.29 is 0 Å². The Morgan fingerprint density at radius 3 is 2.52 bits per heavy atom. The fourth-order valence-electron chi connectivity index (χ4n) is 2.28. The molecule has 2 aromatic carbocycles. The van der Waals surface area contributed by atoms with Gasteiger partial charge in [0.2, 0.25) is 4.77 Å². The highest BCUT2D eigenvalue weighted by molar-refractivity contribution is 7.71. The minimum absolute atomic E-state index is 0.346.